The lowest BCUT2D eigenvalue weighted by Gasteiger charge is -2.39. The second-order valence-corrected chi connectivity index (χ2v) is 15.3. The zero-order chi connectivity index (χ0) is 40.1. The molecular formula is C39H53N9O8. The number of amides is 7. The summed E-state index contributed by atoms with van der Waals surface area (Å²) in [6, 6.07) is 3.71. The molecule has 2 aromatic rings. The molecule has 7 atom stereocenters. The minimum atomic E-state index is -1.44. The Bertz CT molecular complexity index is 1820. The first-order valence-corrected chi connectivity index (χ1v) is 19.7. The molecule has 4 aliphatic rings. The van der Waals surface area contributed by atoms with Crippen LogP contribution in [0.2, 0.25) is 0 Å². The Hall–Kier alpha value is -5.48. The molecule has 56 heavy (non-hydrogen) atoms. The van der Waals surface area contributed by atoms with Crippen molar-refractivity contribution < 1.29 is 38.3 Å². The number of piperidine rings is 1. The third-order valence-corrected chi connectivity index (χ3v) is 11.1. The molecule has 0 radical (unpaired) electrons. The summed E-state index contributed by atoms with van der Waals surface area (Å²) in [5.41, 5.74) is 1.57. The monoisotopic (exact) mass is 775 g/mol. The molecular weight excluding hydrogens is 722 g/mol. The first kappa shape index (κ1) is 40.2. The molecule has 4 fully saturated rings. The lowest BCUT2D eigenvalue weighted by atomic mass is 9.99. The fourth-order valence-electron chi connectivity index (χ4n) is 8.25. The number of nitrogens with zero attached hydrogens (tertiary/aromatic N) is 5. The highest BCUT2D eigenvalue weighted by Crippen LogP contribution is 2.28. The fourth-order valence-corrected chi connectivity index (χ4v) is 8.25. The number of hydrogen-bond donors (Lipinski definition) is 4. The number of ether oxygens (including phenoxy) is 1. The lowest BCUT2D eigenvalue weighted by Crippen LogP contribution is -2.62. The summed E-state index contributed by atoms with van der Waals surface area (Å²) in [5.74, 6) is -3.19. The molecule has 7 amide bonds. The Labute approximate surface area is 326 Å². The van der Waals surface area contributed by atoms with E-state index >= 15 is 0 Å². The minimum absolute atomic E-state index is 0.0500. The number of aryl methyl sites for hydroxylation is 2. The number of urea groups is 1. The highest BCUT2D eigenvalue weighted by Gasteiger charge is 2.46. The van der Waals surface area contributed by atoms with E-state index in [9.17, 15) is 33.6 Å². The van der Waals surface area contributed by atoms with E-state index in [-0.39, 0.29) is 25.4 Å². The molecule has 17 nitrogen and oxygen atoms in total. The summed E-state index contributed by atoms with van der Waals surface area (Å²) >= 11 is 0. The van der Waals surface area contributed by atoms with E-state index in [0.29, 0.717) is 57.4 Å². The number of benzene rings is 1. The maximum atomic E-state index is 14.5. The van der Waals surface area contributed by atoms with Gasteiger partial charge in [-0.3, -0.25) is 34.0 Å². The van der Waals surface area contributed by atoms with Gasteiger partial charge in [0.1, 0.15) is 42.9 Å². The van der Waals surface area contributed by atoms with Crippen molar-refractivity contribution in [1.29, 1.82) is 0 Å². The van der Waals surface area contributed by atoms with Crippen LogP contribution < -0.4 is 21.3 Å². The predicted octanol–water partition coefficient (Wildman–Crippen LogP) is 1.10. The van der Waals surface area contributed by atoms with Gasteiger partial charge < -0.3 is 35.4 Å². The zero-order valence-corrected chi connectivity index (χ0v) is 32.5. The molecule has 4 aliphatic heterocycles. The van der Waals surface area contributed by atoms with Crippen molar-refractivity contribution in [1.82, 2.24) is 40.4 Å². The van der Waals surface area contributed by atoms with Crippen molar-refractivity contribution in [2.24, 2.45) is 5.92 Å². The molecule has 0 aliphatic carbocycles. The van der Waals surface area contributed by atoms with E-state index in [4.69, 9.17) is 4.74 Å². The fraction of sp³-hybridized carbons (Fsp3) is 0.590. The van der Waals surface area contributed by atoms with Crippen LogP contribution in [0.5, 0.6) is 0 Å². The van der Waals surface area contributed by atoms with Gasteiger partial charge in [-0.1, -0.05) is 37.3 Å². The van der Waals surface area contributed by atoms with Crippen LogP contribution in [0.3, 0.4) is 0 Å². The van der Waals surface area contributed by atoms with Crippen molar-refractivity contribution in [3.8, 4) is 0 Å². The molecule has 0 bridgehead atoms. The van der Waals surface area contributed by atoms with Crippen LogP contribution in [-0.4, -0.2) is 129 Å². The van der Waals surface area contributed by atoms with Gasteiger partial charge in [-0.25, -0.2) is 9.59 Å². The molecule has 4 N–H and O–H groups in total. The van der Waals surface area contributed by atoms with E-state index in [1.807, 2.05) is 26.8 Å². The van der Waals surface area contributed by atoms with Gasteiger partial charge in [-0.15, -0.1) is 0 Å². The molecule has 5 heterocycles. The summed E-state index contributed by atoms with van der Waals surface area (Å²) in [5, 5.41) is 15.3. The molecule has 6 rings (SSSR count). The van der Waals surface area contributed by atoms with Gasteiger partial charge in [0.25, 0.3) is 0 Å². The van der Waals surface area contributed by atoms with E-state index in [0.717, 1.165) is 11.3 Å². The number of fused-ring (bicyclic) bond motifs is 3. The lowest BCUT2D eigenvalue weighted by molar-refractivity contribution is -0.158. The topological polar surface area (TPSA) is 204 Å². The van der Waals surface area contributed by atoms with Crippen LogP contribution in [-0.2, 0) is 46.5 Å². The summed E-state index contributed by atoms with van der Waals surface area (Å²) in [7, 11) is 0. The van der Waals surface area contributed by atoms with Crippen molar-refractivity contribution in [2.75, 3.05) is 31.6 Å². The van der Waals surface area contributed by atoms with Crippen molar-refractivity contribution in [2.45, 2.75) is 115 Å². The summed E-state index contributed by atoms with van der Waals surface area (Å²) in [6.45, 7) is 8.03. The first-order chi connectivity index (χ1) is 26.8. The maximum Gasteiger partial charge on any atom is 0.328 e. The smallest absolute Gasteiger partial charge is 0.328 e. The maximum absolute atomic E-state index is 14.5. The third kappa shape index (κ3) is 8.97. The quantitative estimate of drug-likeness (QED) is 0.297. The van der Waals surface area contributed by atoms with Gasteiger partial charge in [0.15, 0.2) is 5.82 Å². The number of anilines is 1. The molecule has 0 unspecified atom stereocenters. The minimum Gasteiger partial charge on any atom is -0.461 e. The Morgan fingerprint density at radius 3 is 2.36 bits per heavy atom. The number of hydrogen-bond acceptors (Lipinski definition) is 9. The van der Waals surface area contributed by atoms with Crippen LogP contribution in [0.1, 0.15) is 70.6 Å². The normalized spacial score (nSPS) is 26.8. The second kappa shape index (κ2) is 17.5. The Balaban J connectivity index is 1.29. The van der Waals surface area contributed by atoms with Crippen LogP contribution in [0, 0.1) is 12.8 Å². The number of cyclic esters (lactones) is 1. The summed E-state index contributed by atoms with van der Waals surface area (Å²) < 4.78 is 7.46. The van der Waals surface area contributed by atoms with Gasteiger partial charge in [-0.05, 0) is 70.8 Å². The number of aromatic nitrogens is 2. The summed E-state index contributed by atoms with van der Waals surface area (Å²) in [6.07, 6.45) is 2.99. The van der Waals surface area contributed by atoms with E-state index in [1.165, 1.54) is 14.7 Å². The number of carbonyl (C=O) groups is 7. The molecule has 4 saturated heterocycles. The van der Waals surface area contributed by atoms with E-state index in [1.54, 1.807) is 41.9 Å². The first-order valence-electron chi connectivity index (χ1n) is 19.7. The molecule has 1 aromatic heterocycles. The van der Waals surface area contributed by atoms with Gasteiger partial charge in [0.05, 0.1) is 0 Å². The van der Waals surface area contributed by atoms with Crippen LogP contribution in [0.25, 0.3) is 0 Å². The van der Waals surface area contributed by atoms with Crippen LogP contribution in [0.4, 0.5) is 10.6 Å². The Morgan fingerprint density at radius 2 is 1.62 bits per heavy atom. The molecule has 0 saturated carbocycles. The highest BCUT2D eigenvalue weighted by atomic mass is 16.5. The standard InChI is InChI=1S/C39H53N9O8/c1-5-48-24(3)19-32(44-48)43-39(55)42-27(20-26-12-7-6-8-13-26)33(49)41-28-22-56-38(54)31-18-23(2)21-47(31)35(51)25(4)40-34(50)29-14-9-10-16-45(29)37(53)30-15-11-17-46(30)36(28)52/h6-8,12-13,19,23,25,27-31H,5,9-11,14-18,20-22H2,1-4H3,(H,40,50)(H,41,49)(H2,42,43,44,55)/t23-,25-,27-,28-,29-,30-,31-/m0/s1. The number of esters is 1. The number of rotatable bonds is 7. The van der Waals surface area contributed by atoms with Crippen LogP contribution in [0.15, 0.2) is 36.4 Å². The SMILES string of the molecule is CCn1nc(NC(=O)N[C@@H](Cc2ccccc2)C(=O)N[C@H]2COC(=O)[C@@H]3C[C@H](C)CN3C(=O)[C@H](C)NC(=O)[C@@H]3CCCCN3C(=O)[C@@H]3CCCN3C2=O)cc1C. The van der Waals surface area contributed by atoms with Gasteiger partial charge in [0, 0.05) is 44.4 Å². The molecule has 302 valence electrons. The third-order valence-electron chi connectivity index (χ3n) is 11.1. The van der Waals surface area contributed by atoms with Crippen molar-refractivity contribution in [3.63, 3.8) is 0 Å². The van der Waals surface area contributed by atoms with Crippen molar-refractivity contribution in [3.05, 3.63) is 47.7 Å². The highest BCUT2D eigenvalue weighted by molar-refractivity contribution is 5.98. The molecule has 17 heteroatoms. The molecule has 0 spiro atoms. The summed E-state index contributed by atoms with van der Waals surface area (Å²) in [4.78, 5) is 102. The largest absolute Gasteiger partial charge is 0.461 e. The van der Waals surface area contributed by atoms with E-state index in [2.05, 4.69) is 26.4 Å². The predicted molar refractivity (Wildman–Crippen MR) is 203 cm³/mol. The molecule has 1 aromatic carbocycles. The van der Waals surface area contributed by atoms with Gasteiger partial charge >= 0.3 is 12.0 Å². The average molecular weight is 776 g/mol. The van der Waals surface area contributed by atoms with Gasteiger partial charge in [-0.2, -0.15) is 5.10 Å². The Morgan fingerprint density at radius 1 is 0.911 bits per heavy atom. The zero-order valence-electron chi connectivity index (χ0n) is 32.5. The van der Waals surface area contributed by atoms with Crippen LogP contribution >= 0.6 is 0 Å². The van der Waals surface area contributed by atoms with Crippen molar-refractivity contribution >= 4 is 47.4 Å². The van der Waals surface area contributed by atoms with Gasteiger partial charge in [0.2, 0.25) is 29.5 Å². The second-order valence-electron chi connectivity index (χ2n) is 15.3. The number of carbonyl (C=O) groups excluding carboxylic acids is 7. The Kier molecular flexibility index (Phi) is 12.6. The average Bonchev–Trinajstić information content (AvgIpc) is 3.93. The number of nitrogens with one attached hydrogen (secondary N) is 4. The van der Waals surface area contributed by atoms with E-state index < -0.39 is 84.4 Å².